The Bertz CT molecular complexity index is 669. The molecule has 114 valence electrons. The van der Waals surface area contributed by atoms with E-state index in [1.165, 1.54) is 11.3 Å². The molecule has 0 spiro atoms. The van der Waals surface area contributed by atoms with E-state index >= 15 is 0 Å². The number of nitrogens with zero attached hydrogens (tertiary/aromatic N) is 1. The molecular weight excluding hydrogens is 278 g/mol. The van der Waals surface area contributed by atoms with Crippen LogP contribution in [-0.4, -0.2) is 30.8 Å². The highest BCUT2D eigenvalue weighted by atomic mass is 16.5. The van der Waals surface area contributed by atoms with Crippen LogP contribution in [0.2, 0.25) is 0 Å². The van der Waals surface area contributed by atoms with Gasteiger partial charge in [-0.3, -0.25) is 0 Å². The number of benzene rings is 2. The molecule has 1 aliphatic heterocycles. The number of rotatable bonds is 5. The molecule has 0 aliphatic carbocycles. The number of hydrogen-bond donors (Lipinski definition) is 1. The fraction of sp³-hybridized carbons (Fsp3) is 0.278. The molecule has 0 unspecified atom stereocenters. The number of aryl methyl sites for hydroxylation is 1. The lowest BCUT2D eigenvalue weighted by atomic mass is 10.0. The number of ether oxygens (including phenoxy) is 1. The van der Waals surface area contributed by atoms with Gasteiger partial charge in [-0.15, -0.1) is 0 Å². The molecule has 2 aromatic carbocycles. The van der Waals surface area contributed by atoms with Crippen molar-refractivity contribution in [2.24, 2.45) is 0 Å². The molecule has 2 aromatic rings. The van der Waals surface area contributed by atoms with Gasteiger partial charge in [0.25, 0.3) is 0 Å². The van der Waals surface area contributed by atoms with Gasteiger partial charge in [0.05, 0.1) is 6.54 Å². The van der Waals surface area contributed by atoms with Crippen molar-refractivity contribution >= 4 is 11.7 Å². The van der Waals surface area contributed by atoms with Gasteiger partial charge in [-0.2, -0.15) is 0 Å². The number of carboxylic acids is 1. The second-order valence-electron chi connectivity index (χ2n) is 5.37. The minimum atomic E-state index is -0.959. The molecule has 0 atom stereocenters. The first-order valence-corrected chi connectivity index (χ1v) is 7.53. The Hall–Kier alpha value is -2.49. The van der Waals surface area contributed by atoms with Crippen molar-refractivity contribution in [1.82, 2.24) is 0 Å². The molecule has 3 rings (SSSR count). The minimum absolute atomic E-state index is 0.210. The molecule has 0 aromatic heterocycles. The maximum Gasteiger partial charge on any atom is 0.339 e. The van der Waals surface area contributed by atoms with Gasteiger partial charge in [-0.25, -0.2) is 4.79 Å². The first kappa shape index (κ1) is 14.4. The fourth-order valence-electron chi connectivity index (χ4n) is 2.88. The largest absolute Gasteiger partial charge is 0.491 e. The van der Waals surface area contributed by atoms with E-state index in [0.29, 0.717) is 12.4 Å². The van der Waals surface area contributed by atoms with E-state index in [4.69, 9.17) is 9.84 Å². The predicted octanol–water partition coefficient (Wildman–Crippen LogP) is 3.22. The first-order valence-electron chi connectivity index (χ1n) is 7.53. The topological polar surface area (TPSA) is 49.8 Å². The highest BCUT2D eigenvalue weighted by Crippen LogP contribution is 2.26. The maximum absolute atomic E-state index is 11.2. The van der Waals surface area contributed by atoms with Crippen LogP contribution in [0, 0.1) is 0 Å². The smallest absolute Gasteiger partial charge is 0.339 e. The fourth-order valence-corrected chi connectivity index (χ4v) is 2.88. The average Bonchev–Trinajstić information content (AvgIpc) is 2.55. The summed E-state index contributed by atoms with van der Waals surface area (Å²) in [5.41, 5.74) is 2.85. The standard InChI is InChI=1S/C18H19NO3/c20-18(21)15-8-2-4-10-17(15)22-13-12-19-11-5-7-14-6-1-3-9-16(14)19/h1-4,6,8-10H,5,7,11-13H2,(H,20,21). The van der Waals surface area contributed by atoms with Crippen LogP contribution in [0.1, 0.15) is 22.3 Å². The van der Waals surface area contributed by atoms with Gasteiger partial charge in [-0.05, 0) is 36.6 Å². The number of anilines is 1. The summed E-state index contributed by atoms with van der Waals surface area (Å²) in [5, 5.41) is 9.15. The molecule has 1 aliphatic rings. The lowest BCUT2D eigenvalue weighted by Crippen LogP contribution is -2.33. The average molecular weight is 297 g/mol. The van der Waals surface area contributed by atoms with Gasteiger partial charge in [0.15, 0.2) is 0 Å². The summed E-state index contributed by atoms with van der Waals surface area (Å²) in [4.78, 5) is 13.5. The van der Waals surface area contributed by atoms with Crippen LogP contribution in [0.25, 0.3) is 0 Å². The molecule has 0 saturated heterocycles. The number of para-hydroxylation sites is 2. The van der Waals surface area contributed by atoms with Crippen LogP contribution in [0.4, 0.5) is 5.69 Å². The summed E-state index contributed by atoms with van der Waals surface area (Å²) in [6, 6.07) is 15.2. The number of aromatic carboxylic acids is 1. The van der Waals surface area contributed by atoms with E-state index in [2.05, 4.69) is 29.2 Å². The molecule has 0 amide bonds. The Morgan fingerprint density at radius 2 is 1.91 bits per heavy atom. The van der Waals surface area contributed by atoms with E-state index in [1.807, 2.05) is 0 Å². The summed E-state index contributed by atoms with van der Waals surface area (Å²) >= 11 is 0. The molecule has 1 N–H and O–H groups in total. The van der Waals surface area contributed by atoms with Crippen molar-refractivity contribution in [2.45, 2.75) is 12.8 Å². The Morgan fingerprint density at radius 3 is 2.77 bits per heavy atom. The predicted molar refractivity (Wildman–Crippen MR) is 85.9 cm³/mol. The summed E-state index contributed by atoms with van der Waals surface area (Å²) < 4.78 is 5.69. The Balaban J connectivity index is 1.64. The Kier molecular flexibility index (Phi) is 4.28. The van der Waals surface area contributed by atoms with Crippen LogP contribution in [0.3, 0.4) is 0 Å². The lowest BCUT2D eigenvalue weighted by molar-refractivity contribution is 0.0692. The molecule has 0 saturated carbocycles. The van der Waals surface area contributed by atoms with Gasteiger partial charge in [0.1, 0.15) is 17.9 Å². The number of carbonyl (C=O) groups is 1. The normalized spacial score (nSPS) is 13.5. The number of hydrogen-bond acceptors (Lipinski definition) is 3. The molecular formula is C18H19NO3. The van der Waals surface area contributed by atoms with Crippen LogP contribution >= 0.6 is 0 Å². The van der Waals surface area contributed by atoms with Gasteiger partial charge < -0.3 is 14.7 Å². The van der Waals surface area contributed by atoms with Crippen molar-refractivity contribution in [3.05, 3.63) is 59.7 Å². The molecule has 22 heavy (non-hydrogen) atoms. The van der Waals surface area contributed by atoms with Gasteiger partial charge in [0.2, 0.25) is 0 Å². The van der Waals surface area contributed by atoms with Crippen molar-refractivity contribution < 1.29 is 14.6 Å². The summed E-state index contributed by atoms with van der Waals surface area (Å²) in [7, 11) is 0. The monoisotopic (exact) mass is 297 g/mol. The van der Waals surface area contributed by atoms with Crippen LogP contribution in [0.5, 0.6) is 5.75 Å². The lowest BCUT2D eigenvalue weighted by Gasteiger charge is -2.31. The molecule has 4 heteroatoms. The maximum atomic E-state index is 11.2. The second-order valence-corrected chi connectivity index (χ2v) is 5.37. The van der Waals surface area contributed by atoms with Crippen molar-refractivity contribution in [3.63, 3.8) is 0 Å². The summed E-state index contributed by atoms with van der Waals surface area (Å²) in [6.07, 6.45) is 2.26. The minimum Gasteiger partial charge on any atom is -0.491 e. The van der Waals surface area contributed by atoms with Gasteiger partial charge in [-0.1, -0.05) is 30.3 Å². The second kappa shape index (κ2) is 6.52. The van der Waals surface area contributed by atoms with E-state index in [1.54, 1.807) is 24.3 Å². The Morgan fingerprint density at radius 1 is 1.14 bits per heavy atom. The zero-order valence-electron chi connectivity index (χ0n) is 12.4. The van der Waals surface area contributed by atoms with Crippen LogP contribution < -0.4 is 9.64 Å². The first-order chi connectivity index (χ1) is 10.8. The van der Waals surface area contributed by atoms with Gasteiger partial charge >= 0.3 is 5.97 Å². The van der Waals surface area contributed by atoms with E-state index in [9.17, 15) is 4.79 Å². The van der Waals surface area contributed by atoms with E-state index in [-0.39, 0.29) is 5.56 Å². The van der Waals surface area contributed by atoms with Crippen LogP contribution in [0.15, 0.2) is 48.5 Å². The zero-order valence-corrected chi connectivity index (χ0v) is 12.4. The van der Waals surface area contributed by atoms with E-state index in [0.717, 1.165) is 25.9 Å². The SMILES string of the molecule is O=C(O)c1ccccc1OCCN1CCCc2ccccc21. The Labute approximate surface area is 130 Å². The van der Waals surface area contributed by atoms with Crippen molar-refractivity contribution in [3.8, 4) is 5.75 Å². The van der Waals surface area contributed by atoms with Crippen LogP contribution in [-0.2, 0) is 6.42 Å². The molecule has 0 radical (unpaired) electrons. The highest BCUT2D eigenvalue weighted by molar-refractivity contribution is 5.90. The zero-order chi connectivity index (χ0) is 15.4. The molecule has 4 nitrogen and oxygen atoms in total. The third-order valence-corrected chi connectivity index (χ3v) is 3.94. The van der Waals surface area contributed by atoms with E-state index < -0.39 is 5.97 Å². The highest BCUT2D eigenvalue weighted by Gasteiger charge is 2.16. The quantitative estimate of drug-likeness (QED) is 0.920. The van der Waals surface area contributed by atoms with Crippen molar-refractivity contribution in [1.29, 1.82) is 0 Å². The summed E-state index contributed by atoms with van der Waals surface area (Å²) in [5.74, 6) is -0.529. The number of carboxylic acid groups (broad SMARTS) is 1. The van der Waals surface area contributed by atoms with Gasteiger partial charge in [0, 0.05) is 12.2 Å². The third kappa shape index (κ3) is 3.06. The van der Waals surface area contributed by atoms with Crippen molar-refractivity contribution in [2.75, 3.05) is 24.6 Å². The molecule has 0 fully saturated rings. The third-order valence-electron chi connectivity index (χ3n) is 3.94. The molecule has 0 bridgehead atoms. The summed E-state index contributed by atoms with van der Waals surface area (Å²) in [6.45, 7) is 2.24. The number of fused-ring (bicyclic) bond motifs is 1. The molecule has 1 heterocycles.